The number of benzene rings is 1. The second-order valence-corrected chi connectivity index (χ2v) is 4.06. The van der Waals surface area contributed by atoms with E-state index in [1.54, 1.807) is 24.7 Å². The summed E-state index contributed by atoms with van der Waals surface area (Å²) in [5, 5.41) is 2.07. The van der Waals surface area contributed by atoms with E-state index in [0.717, 1.165) is 5.57 Å². The van der Waals surface area contributed by atoms with E-state index in [1.165, 1.54) is 10.4 Å². The topological polar surface area (TPSA) is 9.23 Å². The highest BCUT2D eigenvalue weighted by Gasteiger charge is 2.05. The van der Waals surface area contributed by atoms with Gasteiger partial charge in [0, 0.05) is 10.5 Å². The fourth-order valence-corrected chi connectivity index (χ4v) is 2.19. The second-order valence-electron chi connectivity index (χ2n) is 3.11. The minimum Gasteiger partial charge on any atom is -0.504 e. The number of rotatable bonds is 3. The maximum Gasteiger partial charge on any atom is 0.0917 e. The van der Waals surface area contributed by atoms with Gasteiger partial charge in [0.15, 0.2) is 0 Å². The Labute approximate surface area is 93.6 Å². The predicted octanol–water partition coefficient (Wildman–Crippen LogP) is 3.78. The zero-order chi connectivity index (χ0) is 10.5. The molecule has 0 N–H and O–H groups in total. The van der Waals surface area contributed by atoms with Crippen molar-refractivity contribution in [2.75, 3.05) is 7.11 Å². The fraction of sp³-hybridized carbons (Fsp3) is 0.0769. The van der Waals surface area contributed by atoms with Crippen LogP contribution in [-0.4, -0.2) is 7.11 Å². The van der Waals surface area contributed by atoms with Crippen LogP contribution in [0.15, 0.2) is 54.1 Å². The highest BCUT2D eigenvalue weighted by molar-refractivity contribution is 7.11. The molecule has 0 aliphatic heterocycles. The highest BCUT2D eigenvalue weighted by Crippen LogP contribution is 2.26. The summed E-state index contributed by atoms with van der Waals surface area (Å²) in [7, 11) is 1.68. The van der Waals surface area contributed by atoms with Crippen LogP contribution in [0.25, 0.3) is 5.57 Å². The van der Waals surface area contributed by atoms with Crippen molar-refractivity contribution in [2.24, 2.45) is 0 Å². The summed E-state index contributed by atoms with van der Waals surface area (Å²) in [6, 6.07) is 14.4. The van der Waals surface area contributed by atoms with Crippen molar-refractivity contribution >= 4 is 16.9 Å². The number of methoxy groups -OCH3 is 1. The zero-order valence-corrected chi connectivity index (χ0v) is 9.33. The lowest BCUT2D eigenvalue weighted by atomic mass is 10.1. The van der Waals surface area contributed by atoms with Crippen LogP contribution in [0.2, 0.25) is 0 Å². The van der Waals surface area contributed by atoms with Gasteiger partial charge < -0.3 is 4.74 Å². The molecule has 0 fully saturated rings. The molecule has 2 rings (SSSR count). The lowest BCUT2D eigenvalue weighted by molar-refractivity contribution is 0.340. The summed E-state index contributed by atoms with van der Waals surface area (Å²) in [4.78, 5) is 1.23. The Morgan fingerprint density at radius 2 is 1.93 bits per heavy atom. The van der Waals surface area contributed by atoms with Gasteiger partial charge in [0.1, 0.15) is 0 Å². The molecule has 1 aromatic carbocycles. The lowest BCUT2D eigenvalue weighted by Crippen LogP contribution is -1.85. The molecule has 0 atom stereocenters. The molecule has 0 unspecified atom stereocenters. The van der Waals surface area contributed by atoms with E-state index in [0.29, 0.717) is 0 Å². The fourth-order valence-electron chi connectivity index (χ4n) is 1.44. The van der Waals surface area contributed by atoms with Crippen molar-refractivity contribution in [1.29, 1.82) is 0 Å². The third-order valence-electron chi connectivity index (χ3n) is 2.11. The maximum absolute atomic E-state index is 5.13. The largest absolute Gasteiger partial charge is 0.504 e. The van der Waals surface area contributed by atoms with Crippen molar-refractivity contribution in [1.82, 2.24) is 0 Å². The van der Waals surface area contributed by atoms with Gasteiger partial charge in [-0.2, -0.15) is 0 Å². The molecular weight excluding hydrogens is 204 g/mol. The molecule has 1 nitrogen and oxygen atoms in total. The standard InChI is InChI=1S/C13H12OS/c1-14-10-12(13-8-5-9-15-13)11-6-3-2-4-7-11/h2-10H,1H3/b12-10-. The van der Waals surface area contributed by atoms with Crippen LogP contribution in [0, 0.1) is 0 Å². The first-order valence-corrected chi connectivity index (χ1v) is 5.62. The monoisotopic (exact) mass is 216 g/mol. The van der Waals surface area contributed by atoms with Crippen LogP contribution < -0.4 is 0 Å². The smallest absolute Gasteiger partial charge is 0.0917 e. The Hall–Kier alpha value is -1.54. The molecule has 15 heavy (non-hydrogen) atoms. The van der Waals surface area contributed by atoms with Gasteiger partial charge in [-0.1, -0.05) is 36.4 Å². The number of ether oxygens (including phenoxy) is 1. The first-order chi connectivity index (χ1) is 7.42. The molecule has 76 valence electrons. The van der Waals surface area contributed by atoms with Crippen molar-refractivity contribution < 1.29 is 4.74 Å². The summed E-state index contributed by atoms with van der Waals surface area (Å²) >= 11 is 1.72. The summed E-state index contributed by atoms with van der Waals surface area (Å²) in [5.74, 6) is 0. The van der Waals surface area contributed by atoms with Gasteiger partial charge in [0.05, 0.1) is 13.4 Å². The number of thiophene rings is 1. The van der Waals surface area contributed by atoms with Crippen LogP contribution in [0.5, 0.6) is 0 Å². The molecule has 0 aliphatic rings. The third-order valence-corrected chi connectivity index (χ3v) is 3.01. The molecule has 0 aliphatic carbocycles. The van der Waals surface area contributed by atoms with E-state index in [-0.39, 0.29) is 0 Å². The van der Waals surface area contributed by atoms with Gasteiger partial charge in [-0.3, -0.25) is 0 Å². The van der Waals surface area contributed by atoms with Crippen molar-refractivity contribution in [3.63, 3.8) is 0 Å². The summed E-state index contributed by atoms with van der Waals surface area (Å²) in [5.41, 5.74) is 2.31. The number of hydrogen-bond acceptors (Lipinski definition) is 2. The molecule has 1 aromatic heterocycles. The van der Waals surface area contributed by atoms with Crippen molar-refractivity contribution in [3.8, 4) is 0 Å². The van der Waals surface area contributed by atoms with Crippen LogP contribution in [0.3, 0.4) is 0 Å². The van der Waals surface area contributed by atoms with Crippen LogP contribution in [0.4, 0.5) is 0 Å². The summed E-state index contributed by atoms with van der Waals surface area (Å²) in [6.45, 7) is 0. The summed E-state index contributed by atoms with van der Waals surface area (Å²) < 4.78 is 5.13. The molecule has 2 aromatic rings. The maximum atomic E-state index is 5.13. The molecular formula is C13H12OS. The van der Waals surface area contributed by atoms with E-state index < -0.39 is 0 Å². The van der Waals surface area contributed by atoms with Gasteiger partial charge >= 0.3 is 0 Å². The lowest BCUT2D eigenvalue weighted by Gasteiger charge is -2.04. The molecule has 0 amide bonds. The van der Waals surface area contributed by atoms with Gasteiger partial charge in [-0.15, -0.1) is 11.3 Å². The SMILES string of the molecule is CO/C=C(/c1ccccc1)c1cccs1. The average molecular weight is 216 g/mol. The molecule has 1 heterocycles. The minimum atomic E-state index is 1.13. The third kappa shape index (κ3) is 2.28. The van der Waals surface area contributed by atoms with E-state index >= 15 is 0 Å². The van der Waals surface area contributed by atoms with Gasteiger partial charge in [-0.25, -0.2) is 0 Å². The first kappa shape index (κ1) is 9.99. The van der Waals surface area contributed by atoms with E-state index in [4.69, 9.17) is 4.74 Å². The Balaban J connectivity index is 2.42. The molecule has 0 saturated heterocycles. The van der Waals surface area contributed by atoms with E-state index in [1.807, 2.05) is 24.3 Å². The molecule has 0 bridgehead atoms. The zero-order valence-electron chi connectivity index (χ0n) is 8.51. The molecule has 0 radical (unpaired) electrons. The predicted molar refractivity (Wildman–Crippen MR) is 64.8 cm³/mol. The van der Waals surface area contributed by atoms with Crippen molar-refractivity contribution in [3.05, 3.63) is 64.5 Å². The van der Waals surface area contributed by atoms with Gasteiger partial charge in [-0.05, 0) is 17.0 Å². The van der Waals surface area contributed by atoms with Crippen molar-refractivity contribution in [2.45, 2.75) is 0 Å². The quantitative estimate of drug-likeness (QED) is 0.709. The number of hydrogen-bond donors (Lipinski definition) is 0. The van der Waals surface area contributed by atoms with E-state index in [9.17, 15) is 0 Å². The normalized spacial score (nSPS) is 11.4. The summed E-state index contributed by atoms with van der Waals surface area (Å²) in [6.07, 6.45) is 1.79. The molecule has 0 spiro atoms. The van der Waals surface area contributed by atoms with Crippen LogP contribution in [-0.2, 0) is 4.74 Å². The Kier molecular flexibility index (Phi) is 3.20. The van der Waals surface area contributed by atoms with Crippen LogP contribution >= 0.6 is 11.3 Å². The Morgan fingerprint density at radius 3 is 2.53 bits per heavy atom. The molecule has 0 saturated carbocycles. The minimum absolute atomic E-state index is 1.13. The average Bonchev–Trinajstić information content (AvgIpc) is 2.80. The Morgan fingerprint density at radius 1 is 1.13 bits per heavy atom. The van der Waals surface area contributed by atoms with Gasteiger partial charge in [0.2, 0.25) is 0 Å². The Bertz CT molecular complexity index is 429. The second kappa shape index (κ2) is 4.80. The van der Waals surface area contributed by atoms with Crippen LogP contribution in [0.1, 0.15) is 10.4 Å². The van der Waals surface area contributed by atoms with E-state index in [2.05, 4.69) is 23.6 Å². The first-order valence-electron chi connectivity index (χ1n) is 4.74. The highest BCUT2D eigenvalue weighted by atomic mass is 32.1. The molecule has 2 heteroatoms. The van der Waals surface area contributed by atoms with Gasteiger partial charge in [0.25, 0.3) is 0 Å².